The van der Waals surface area contributed by atoms with Gasteiger partial charge in [0.1, 0.15) is 11.3 Å². The molecule has 0 unspecified atom stereocenters. The molecule has 0 fully saturated rings. The third-order valence-electron chi connectivity index (χ3n) is 6.23. The van der Waals surface area contributed by atoms with Gasteiger partial charge in [-0.1, -0.05) is 62.4 Å². The molecule has 1 atom stereocenters. The highest BCUT2D eigenvalue weighted by atomic mass is 19.1. The van der Waals surface area contributed by atoms with Crippen LogP contribution in [0.5, 0.6) is 0 Å². The van der Waals surface area contributed by atoms with Crippen molar-refractivity contribution in [2.45, 2.75) is 32.7 Å². The molecule has 2 heterocycles. The summed E-state index contributed by atoms with van der Waals surface area (Å²) in [5.41, 5.74) is 3.06. The lowest BCUT2D eigenvalue weighted by atomic mass is 10.0. The summed E-state index contributed by atoms with van der Waals surface area (Å²) < 4.78 is 14.8. The minimum atomic E-state index is -0.388. The van der Waals surface area contributed by atoms with Crippen LogP contribution in [0.1, 0.15) is 54.3 Å². The molecule has 1 amide bonds. The zero-order chi connectivity index (χ0) is 24.7. The number of aromatic nitrogens is 3. The van der Waals surface area contributed by atoms with Crippen LogP contribution >= 0.6 is 0 Å². The number of carbonyl (C=O) groups excluding carboxylic acids is 1. The standard InChI is InChI=1S/C28H25FN4O2/c1-16(2)24-25(27(34)30-17(3)18-10-12-22(29)13-11-18)32-33-15-23(31-28(35)26(24)33)21-9-8-19-6-4-5-7-20(19)14-21/h4-17H,1-3H3,(H,30,34)(H,31,35)/t17-/m1/s1. The van der Waals surface area contributed by atoms with Crippen molar-refractivity contribution >= 4 is 22.2 Å². The van der Waals surface area contributed by atoms with Crippen molar-refractivity contribution in [2.24, 2.45) is 0 Å². The Morgan fingerprint density at radius 1 is 1.00 bits per heavy atom. The summed E-state index contributed by atoms with van der Waals surface area (Å²) in [7, 11) is 0. The zero-order valence-electron chi connectivity index (χ0n) is 19.7. The maximum Gasteiger partial charge on any atom is 0.274 e. The molecule has 0 saturated heterocycles. The van der Waals surface area contributed by atoms with Crippen LogP contribution in [-0.2, 0) is 0 Å². The highest BCUT2D eigenvalue weighted by molar-refractivity contribution is 5.96. The number of hydrogen-bond acceptors (Lipinski definition) is 3. The van der Waals surface area contributed by atoms with Gasteiger partial charge in [0.25, 0.3) is 11.5 Å². The molecule has 0 aliphatic rings. The first kappa shape index (κ1) is 22.5. The molecule has 2 N–H and O–H groups in total. The summed E-state index contributed by atoms with van der Waals surface area (Å²) in [5, 5.41) is 9.62. The predicted molar refractivity (Wildman–Crippen MR) is 135 cm³/mol. The molecule has 0 spiro atoms. The fourth-order valence-corrected chi connectivity index (χ4v) is 4.42. The Morgan fingerprint density at radius 3 is 2.43 bits per heavy atom. The molecule has 2 aromatic heterocycles. The summed E-state index contributed by atoms with van der Waals surface area (Å²) in [5.74, 6) is -0.834. The van der Waals surface area contributed by atoms with Gasteiger partial charge in [0.15, 0.2) is 5.69 Å². The molecule has 5 aromatic rings. The summed E-state index contributed by atoms with van der Waals surface area (Å²) >= 11 is 0. The fourth-order valence-electron chi connectivity index (χ4n) is 4.42. The van der Waals surface area contributed by atoms with E-state index in [2.05, 4.69) is 15.4 Å². The third-order valence-corrected chi connectivity index (χ3v) is 6.23. The largest absolute Gasteiger partial charge is 0.344 e. The number of aromatic amines is 1. The number of rotatable bonds is 5. The maximum atomic E-state index is 13.3. The van der Waals surface area contributed by atoms with Crippen LogP contribution in [0.2, 0.25) is 0 Å². The van der Waals surface area contributed by atoms with Crippen LogP contribution < -0.4 is 10.9 Å². The molecule has 7 heteroatoms. The van der Waals surface area contributed by atoms with E-state index in [1.54, 1.807) is 18.3 Å². The minimum absolute atomic E-state index is 0.109. The number of benzene rings is 3. The number of fused-ring (bicyclic) bond motifs is 2. The fraction of sp³-hybridized carbons (Fsp3) is 0.179. The van der Waals surface area contributed by atoms with Crippen LogP contribution in [0.15, 0.2) is 77.7 Å². The van der Waals surface area contributed by atoms with Crippen molar-refractivity contribution in [1.82, 2.24) is 19.9 Å². The van der Waals surface area contributed by atoms with Crippen molar-refractivity contribution in [3.63, 3.8) is 0 Å². The second-order valence-electron chi connectivity index (χ2n) is 9.02. The van der Waals surface area contributed by atoms with Gasteiger partial charge in [-0.15, -0.1) is 0 Å². The molecule has 0 aliphatic carbocycles. The summed E-state index contributed by atoms with van der Waals surface area (Å²) in [4.78, 5) is 29.4. The lowest BCUT2D eigenvalue weighted by Gasteiger charge is -2.14. The van der Waals surface area contributed by atoms with Crippen molar-refractivity contribution in [3.8, 4) is 11.3 Å². The van der Waals surface area contributed by atoms with Crippen molar-refractivity contribution in [3.05, 3.63) is 106 Å². The van der Waals surface area contributed by atoms with E-state index in [0.717, 1.165) is 21.9 Å². The molecule has 3 aromatic carbocycles. The number of hydrogen-bond donors (Lipinski definition) is 2. The Kier molecular flexibility index (Phi) is 5.68. The van der Waals surface area contributed by atoms with Crippen molar-refractivity contribution in [1.29, 1.82) is 0 Å². The first-order valence-electron chi connectivity index (χ1n) is 11.5. The van der Waals surface area contributed by atoms with Crippen LogP contribution in [0.3, 0.4) is 0 Å². The zero-order valence-corrected chi connectivity index (χ0v) is 19.7. The van der Waals surface area contributed by atoms with Crippen molar-refractivity contribution < 1.29 is 9.18 Å². The second kappa shape index (κ2) is 8.83. The summed E-state index contributed by atoms with van der Waals surface area (Å²) in [6.07, 6.45) is 1.74. The van der Waals surface area contributed by atoms with Gasteiger partial charge in [0.05, 0.1) is 17.9 Å². The lowest BCUT2D eigenvalue weighted by Crippen LogP contribution is -2.28. The van der Waals surface area contributed by atoms with E-state index in [0.29, 0.717) is 16.8 Å². The van der Waals surface area contributed by atoms with Crippen LogP contribution in [0.4, 0.5) is 4.39 Å². The summed E-state index contributed by atoms with van der Waals surface area (Å²) in [6, 6.07) is 19.6. The first-order chi connectivity index (χ1) is 16.8. The number of H-pyrrole nitrogens is 1. The topological polar surface area (TPSA) is 79.3 Å². The van der Waals surface area contributed by atoms with Crippen LogP contribution in [-0.4, -0.2) is 20.5 Å². The Labute approximate surface area is 201 Å². The van der Waals surface area contributed by atoms with Gasteiger partial charge < -0.3 is 10.3 Å². The predicted octanol–water partition coefficient (Wildman–Crippen LogP) is 5.60. The van der Waals surface area contributed by atoms with E-state index in [-0.39, 0.29) is 34.9 Å². The molecular formula is C28H25FN4O2. The van der Waals surface area contributed by atoms with Crippen molar-refractivity contribution in [2.75, 3.05) is 0 Å². The number of amides is 1. The second-order valence-corrected chi connectivity index (χ2v) is 9.02. The molecule has 35 heavy (non-hydrogen) atoms. The van der Waals surface area contributed by atoms with Crippen LogP contribution in [0, 0.1) is 5.82 Å². The van der Waals surface area contributed by atoms with E-state index in [4.69, 9.17) is 0 Å². The van der Waals surface area contributed by atoms with Gasteiger partial charge in [0.2, 0.25) is 0 Å². The van der Waals surface area contributed by atoms with Gasteiger partial charge in [-0.2, -0.15) is 5.10 Å². The maximum absolute atomic E-state index is 13.3. The van der Waals surface area contributed by atoms with Gasteiger partial charge in [-0.3, -0.25) is 9.59 Å². The van der Waals surface area contributed by atoms with Gasteiger partial charge in [-0.05, 0) is 47.4 Å². The quantitative estimate of drug-likeness (QED) is 0.353. The van der Waals surface area contributed by atoms with Gasteiger partial charge in [-0.25, -0.2) is 8.91 Å². The van der Waals surface area contributed by atoms with E-state index in [1.807, 2.05) is 63.2 Å². The lowest BCUT2D eigenvalue weighted by molar-refractivity contribution is 0.0933. The SMILES string of the molecule is CC(C)c1c(C(=O)N[C@H](C)c2ccc(F)cc2)nn2cc(-c3ccc4ccccc4c3)[nH]c(=O)c12. The number of carbonyl (C=O) groups is 1. The summed E-state index contributed by atoms with van der Waals surface area (Å²) in [6.45, 7) is 5.67. The van der Waals surface area contributed by atoms with E-state index in [1.165, 1.54) is 16.6 Å². The average Bonchev–Trinajstić information content (AvgIpc) is 3.25. The number of nitrogens with zero attached hydrogens (tertiary/aromatic N) is 2. The van der Waals surface area contributed by atoms with Gasteiger partial charge >= 0.3 is 0 Å². The molecule has 0 saturated carbocycles. The van der Waals surface area contributed by atoms with Gasteiger partial charge in [0, 0.05) is 11.1 Å². The Balaban J connectivity index is 1.56. The molecule has 0 radical (unpaired) electrons. The molecule has 6 nitrogen and oxygen atoms in total. The molecule has 0 aliphatic heterocycles. The highest BCUT2D eigenvalue weighted by Crippen LogP contribution is 2.26. The normalized spacial score (nSPS) is 12.4. The Morgan fingerprint density at radius 2 is 1.71 bits per heavy atom. The molecular weight excluding hydrogens is 443 g/mol. The third kappa shape index (κ3) is 4.21. The highest BCUT2D eigenvalue weighted by Gasteiger charge is 2.25. The van der Waals surface area contributed by atoms with Crippen LogP contribution in [0.25, 0.3) is 27.5 Å². The Bertz CT molecular complexity index is 1620. The monoisotopic (exact) mass is 468 g/mol. The van der Waals surface area contributed by atoms with E-state index >= 15 is 0 Å². The average molecular weight is 469 g/mol. The molecule has 176 valence electrons. The van der Waals surface area contributed by atoms with E-state index < -0.39 is 0 Å². The molecule has 0 bridgehead atoms. The Hall–Kier alpha value is -4.26. The number of nitrogens with one attached hydrogen (secondary N) is 2. The smallest absolute Gasteiger partial charge is 0.274 e. The number of halogens is 1. The molecule has 5 rings (SSSR count). The minimum Gasteiger partial charge on any atom is -0.344 e. The van der Waals surface area contributed by atoms with E-state index in [9.17, 15) is 14.0 Å². The first-order valence-corrected chi connectivity index (χ1v) is 11.5.